The van der Waals surface area contributed by atoms with Crippen molar-refractivity contribution in [1.82, 2.24) is 0 Å². The van der Waals surface area contributed by atoms with Crippen LogP contribution in [0.2, 0.25) is 0 Å². The van der Waals surface area contributed by atoms with Gasteiger partial charge in [-0.1, -0.05) is 26.0 Å². The molecular weight excluding hydrogens is 288 g/mol. The van der Waals surface area contributed by atoms with Gasteiger partial charge in [0.05, 0.1) is 12.9 Å². The average molecular weight is 318 g/mol. The van der Waals surface area contributed by atoms with Gasteiger partial charge < -0.3 is 14.9 Å². The maximum Gasteiger partial charge on any atom is 0.168 e. The lowest BCUT2D eigenvalue weighted by molar-refractivity contribution is -0.246. The number of methoxy groups -OCH3 is 1. The summed E-state index contributed by atoms with van der Waals surface area (Å²) in [6.07, 6.45) is 12.9. The highest BCUT2D eigenvalue weighted by Gasteiger charge is 2.64. The van der Waals surface area contributed by atoms with Crippen LogP contribution in [0.5, 0.6) is 0 Å². The fourth-order valence-electron chi connectivity index (χ4n) is 6.45. The predicted molar refractivity (Wildman–Crippen MR) is 89.3 cm³/mol. The number of hydrogen-bond donors (Lipinski definition) is 2. The van der Waals surface area contributed by atoms with Crippen LogP contribution in [0.3, 0.4) is 0 Å². The molecule has 0 spiro atoms. The smallest absolute Gasteiger partial charge is 0.168 e. The molecule has 4 aliphatic rings. The molecule has 3 heteroatoms. The molecular formula is C20H30O3. The van der Waals surface area contributed by atoms with Crippen LogP contribution in [0.1, 0.15) is 52.4 Å². The first-order valence-corrected chi connectivity index (χ1v) is 9.22. The first-order valence-electron chi connectivity index (χ1n) is 9.22. The maximum absolute atomic E-state index is 10.6. The Morgan fingerprint density at radius 2 is 1.83 bits per heavy atom. The number of fused-ring (bicyclic) bond motifs is 5. The van der Waals surface area contributed by atoms with E-state index < -0.39 is 11.2 Å². The molecule has 0 aliphatic heterocycles. The summed E-state index contributed by atoms with van der Waals surface area (Å²) in [4.78, 5) is 0. The summed E-state index contributed by atoms with van der Waals surface area (Å²) in [7, 11) is 1.79. The summed E-state index contributed by atoms with van der Waals surface area (Å²) in [6, 6.07) is 0. The van der Waals surface area contributed by atoms with Crippen LogP contribution in [0.15, 0.2) is 24.0 Å². The second-order valence-corrected chi connectivity index (χ2v) is 8.78. The first-order chi connectivity index (χ1) is 10.8. The molecule has 0 bridgehead atoms. The molecule has 2 saturated carbocycles. The van der Waals surface area contributed by atoms with Gasteiger partial charge in [0.15, 0.2) is 5.79 Å². The van der Waals surface area contributed by atoms with E-state index in [0.29, 0.717) is 30.1 Å². The van der Waals surface area contributed by atoms with Gasteiger partial charge in [0, 0.05) is 17.8 Å². The number of ether oxygens (including phenoxy) is 1. The van der Waals surface area contributed by atoms with Gasteiger partial charge in [0.1, 0.15) is 0 Å². The summed E-state index contributed by atoms with van der Waals surface area (Å²) in [5.41, 5.74) is -0.212. The van der Waals surface area contributed by atoms with E-state index in [2.05, 4.69) is 32.1 Å². The molecule has 6 atom stereocenters. The Hall–Kier alpha value is -0.800. The third kappa shape index (κ3) is 1.90. The molecule has 0 heterocycles. The Kier molecular flexibility index (Phi) is 3.32. The Morgan fingerprint density at radius 1 is 1.09 bits per heavy atom. The summed E-state index contributed by atoms with van der Waals surface area (Å²) in [6.45, 7) is 4.50. The lowest BCUT2D eigenvalue weighted by Gasteiger charge is -2.58. The van der Waals surface area contributed by atoms with Crippen molar-refractivity contribution in [3.63, 3.8) is 0 Å². The largest absolute Gasteiger partial charge is 0.501 e. The van der Waals surface area contributed by atoms with Gasteiger partial charge in [-0.25, -0.2) is 0 Å². The van der Waals surface area contributed by atoms with Gasteiger partial charge in [-0.05, 0) is 61.3 Å². The minimum Gasteiger partial charge on any atom is -0.501 e. The van der Waals surface area contributed by atoms with E-state index in [0.717, 1.165) is 31.4 Å². The van der Waals surface area contributed by atoms with Crippen LogP contribution in [0.4, 0.5) is 0 Å². The van der Waals surface area contributed by atoms with Gasteiger partial charge in [-0.2, -0.15) is 0 Å². The third-order valence-electron chi connectivity index (χ3n) is 8.03. The highest BCUT2D eigenvalue weighted by atomic mass is 16.5. The second-order valence-electron chi connectivity index (χ2n) is 8.78. The molecule has 128 valence electrons. The normalized spacial score (nSPS) is 50.6. The van der Waals surface area contributed by atoms with Crippen LogP contribution in [0, 0.1) is 34.5 Å². The molecule has 2 N–H and O–H groups in total. The quantitative estimate of drug-likeness (QED) is 0.573. The zero-order valence-electron chi connectivity index (χ0n) is 14.6. The van der Waals surface area contributed by atoms with Crippen molar-refractivity contribution in [2.24, 2.45) is 34.5 Å². The minimum absolute atomic E-state index is 0.197. The van der Waals surface area contributed by atoms with E-state index in [4.69, 9.17) is 4.74 Å². The third-order valence-corrected chi connectivity index (χ3v) is 8.03. The van der Waals surface area contributed by atoms with Gasteiger partial charge in [-0.15, -0.1) is 0 Å². The van der Waals surface area contributed by atoms with E-state index in [9.17, 15) is 10.2 Å². The standard InChI is InChI=1S/C20H30O3/c1-18-9-5-4-6-13(18)12-16(23-3)17-14(18)7-10-19(2)15(17)8-11-20(19,21)22/h5,9,12-15,17,21-22H,4,6-8,10-11H2,1-3H3/t13?,14-,15+,17-,18+,19+/m1/s1. The van der Waals surface area contributed by atoms with Crippen LogP contribution < -0.4 is 0 Å². The molecule has 0 aromatic heterocycles. The van der Waals surface area contributed by atoms with Crippen molar-refractivity contribution >= 4 is 0 Å². The van der Waals surface area contributed by atoms with E-state index in [-0.39, 0.29) is 5.41 Å². The van der Waals surface area contributed by atoms with Gasteiger partial charge >= 0.3 is 0 Å². The van der Waals surface area contributed by atoms with Crippen molar-refractivity contribution < 1.29 is 14.9 Å². The monoisotopic (exact) mass is 318 g/mol. The molecule has 3 nitrogen and oxygen atoms in total. The van der Waals surface area contributed by atoms with Crippen LogP contribution in [0.25, 0.3) is 0 Å². The Bertz CT molecular complexity index is 563. The number of hydrogen-bond acceptors (Lipinski definition) is 3. The van der Waals surface area contributed by atoms with E-state index in [1.54, 1.807) is 7.11 Å². The lowest BCUT2D eigenvalue weighted by atomic mass is 9.48. The van der Waals surface area contributed by atoms with Crippen LogP contribution in [-0.2, 0) is 4.74 Å². The highest BCUT2D eigenvalue weighted by Crippen LogP contribution is 2.66. The summed E-state index contributed by atoms with van der Waals surface area (Å²) >= 11 is 0. The minimum atomic E-state index is -1.53. The summed E-state index contributed by atoms with van der Waals surface area (Å²) in [5.74, 6) is 1.32. The molecule has 1 unspecified atom stereocenters. The fourth-order valence-corrected chi connectivity index (χ4v) is 6.45. The van der Waals surface area contributed by atoms with Crippen LogP contribution in [-0.4, -0.2) is 23.1 Å². The number of aliphatic hydroxyl groups is 2. The summed E-state index contributed by atoms with van der Waals surface area (Å²) < 4.78 is 5.85. The molecule has 23 heavy (non-hydrogen) atoms. The van der Waals surface area contributed by atoms with Crippen molar-refractivity contribution in [2.75, 3.05) is 7.11 Å². The lowest BCUT2D eigenvalue weighted by Crippen LogP contribution is -2.55. The zero-order valence-corrected chi connectivity index (χ0v) is 14.6. The Balaban J connectivity index is 1.80. The van der Waals surface area contributed by atoms with Gasteiger partial charge in [0.2, 0.25) is 0 Å². The molecule has 0 aromatic carbocycles. The fraction of sp³-hybridized carbons (Fsp3) is 0.800. The molecule has 2 fully saturated rings. The van der Waals surface area contributed by atoms with E-state index in [1.165, 1.54) is 6.42 Å². The molecule has 0 saturated heterocycles. The molecule has 0 amide bonds. The summed E-state index contributed by atoms with van der Waals surface area (Å²) in [5, 5.41) is 21.2. The second kappa shape index (κ2) is 4.86. The number of allylic oxidation sites excluding steroid dienone is 4. The number of rotatable bonds is 1. The van der Waals surface area contributed by atoms with E-state index >= 15 is 0 Å². The maximum atomic E-state index is 10.6. The molecule has 4 rings (SSSR count). The molecule has 4 aliphatic carbocycles. The van der Waals surface area contributed by atoms with Gasteiger partial charge in [-0.3, -0.25) is 0 Å². The molecule has 0 aromatic rings. The van der Waals surface area contributed by atoms with Crippen molar-refractivity contribution in [3.8, 4) is 0 Å². The van der Waals surface area contributed by atoms with Gasteiger partial charge in [0.25, 0.3) is 0 Å². The van der Waals surface area contributed by atoms with Crippen LogP contribution >= 0.6 is 0 Å². The SMILES string of the molecule is COC1=CC2CCC=C[C@]2(C)[C@@H]2CC[C@@]3(C)[C@@H](CCC3(O)O)[C@H]12. The van der Waals surface area contributed by atoms with Crippen molar-refractivity contribution in [2.45, 2.75) is 58.2 Å². The van der Waals surface area contributed by atoms with E-state index in [1.807, 2.05) is 0 Å². The highest BCUT2D eigenvalue weighted by molar-refractivity contribution is 5.26. The first kappa shape index (κ1) is 15.7. The zero-order chi connectivity index (χ0) is 16.5. The van der Waals surface area contributed by atoms with Crippen molar-refractivity contribution in [1.29, 1.82) is 0 Å². The molecule has 0 radical (unpaired) electrons. The topological polar surface area (TPSA) is 49.7 Å². The predicted octanol–water partition coefficient (Wildman–Crippen LogP) is 3.63. The van der Waals surface area contributed by atoms with Crippen molar-refractivity contribution in [3.05, 3.63) is 24.0 Å². The Labute approximate surface area is 139 Å². The Morgan fingerprint density at radius 3 is 2.57 bits per heavy atom. The average Bonchev–Trinajstić information content (AvgIpc) is 2.76.